The van der Waals surface area contributed by atoms with Crippen molar-refractivity contribution in [3.05, 3.63) is 23.8 Å². The highest BCUT2D eigenvalue weighted by atomic mass is 35.9. The Morgan fingerprint density at radius 3 is 2.31 bits per heavy atom. The molecule has 0 spiro atoms. The number of nitrogens with zero attached hydrogens (tertiary/aromatic N) is 1. The predicted octanol–water partition coefficient (Wildman–Crippen LogP) is 3.48. The van der Waals surface area contributed by atoms with Crippen LogP contribution in [-0.2, 0) is 0 Å². The minimum Gasteiger partial charge on any atom is -0.377 e. The van der Waals surface area contributed by atoms with Gasteiger partial charge in [0.2, 0.25) is 0 Å². The molecule has 0 aliphatic rings. The smallest absolute Gasteiger partial charge is 0.119 e. The first-order valence-corrected chi connectivity index (χ1v) is 7.07. The van der Waals surface area contributed by atoms with E-state index < -0.39 is 6.63 Å². The van der Waals surface area contributed by atoms with E-state index in [1.54, 1.807) is 0 Å². The van der Waals surface area contributed by atoms with Crippen molar-refractivity contribution in [3.63, 3.8) is 0 Å². The molecule has 0 saturated carbocycles. The van der Waals surface area contributed by atoms with Crippen molar-refractivity contribution < 1.29 is 0 Å². The highest BCUT2D eigenvalue weighted by molar-refractivity contribution is 8.09. The zero-order chi connectivity index (χ0) is 10.0. The highest BCUT2D eigenvalue weighted by Gasteiger charge is 2.11. The minimum absolute atomic E-state index is 1.02. The molecule has 72 valence electrons. The van der Waals surface area contributed by atoms with E-state index in [0.29, 0.717) is 0 Å². The van der Waals surface area contributed by atoms with Crippen LogP contribution in [-0.4, -0.2) is 14.1 Å². The molecule has 0 aromatic heterocycles. The maximum Gasteiger partial charge on any atom is 0.119 e. The van der Waals surface area contributed by atoms with Crippen molar-refractivity contribution in [1.82, 2.24) is 0 Å². The van der Waals surface area contributed by atoms with Crippen molar-refractivity contribution in [2.24, 2.45) is 0 Å². The molecular formula is C9H12Cl2NP. The third-order valence-corrected chi connectivity index (χ3v) is 3.63. The molecule has 1 aromatic rings. The Bertz CT molecular complexity index is 300. The molecule has 0 atom stereocenters. The summed E-state index contributed by atoms with van der Waals surface area (Å²) in [7, 11) is 3.98. The van der Waals surface area contributed by atoms with Crippen LogP contribution in [0.15, 0.2) is 18.2 Å². The summed E-state index contributed by atoms with van der Waals surface area (Å²) in [5, 5.41) is 1.02. The second kappa shape index (κ2) is 4.50. The van der Waals surface area contributed by atoms with Gasteiger partial charge in [-0.15, -0.1) is 0 Å². The van der Waals surface area contributed by atoms with E-state index in [4.69, 9.17) is 22.5 Å². The Kier molecular flexibility index (Phi) is 3.85. The van der Waals surface area contributed by atoms with Gasteiger partial charge in [-0.2, -0.15) is 0 Å². The zero-order valence-corrected chi connectivity index (χ0v) is 10.3. The molecule has 0 saturated heterocycles. The molecule has 0 fully saturated rings. The third-order valence-electron chi connectivity index (χ3n) is 1.79. The Morgan fingerprint density at radius 2 is 1.85 bits per heavy atom. The Labute approximate surface area is 90.0 Å². The zero-order valence-electron chi connectivity index (χ0n) is 7.88. The average molecular weight is 236 g/mol. The van der Waals surface area contributed by atoms with E-state index in [2.05, 4.69) is 13.0 Å². The van der Waals surface area contributed by atoms with Gasteiger partial charge in [0.1, 0.15) is 6.63 Å². The van der Waals surface area contributed by atoms with Gasteiger partial charge in [-0.3, -0.25) is 0 Å². The standard InChI is InChI=1S/C9H12Cl2NP/c1-7-4-5-9(13(10)11)8(6-7)12(2)3/h4-6H,1-3H3. The molecule has 1 nitrogen and oxygen atoms in total. The molecule has 0 unspecified atom stereocenters. The lowest BCUT2D eigenvalue weighted by Crippen LogP contribution is -2.16. The topological polar surface area (TPSA) is 3.24 Å². The van der Waals surface area contributed by atoms with Gasteiger partial charge >= 0.3 is 0 Å². The minimum atomic E-state index is -1.06. The quantitative estimate of drug-likeness (QED) is 0.710. The fourth-order valence-electron chi connectivity index (χ4n) is 1.13. The molecule has 0 bridgehead atoms. The molecule has 0 aliphatic carbocycles. The maximum atomic E-state index is 5.91. The van der Waals surface area contributed by atoms with Gasteiger partial charge < -0.3 is 4.90 Å². The number of rotatable bonds is 2. The van der Waals surface area contributed by atoms with E-state index in [1.165, 1.54) is 5.56 Å². The van der Waals surface area contributed by atoms with Gasteiger partial charge in [0.05, 0.1) is 0 Å². The average Bonchev–Trinajstić information content (AvgIpc) is 2.03. The van der Waals surface area contributed by atoms with Gasteiger partial charge in [0.25, 0.3) is 0 Å². The van der Waals surface area contributed by atoms with E-state index in [1.807, 2.05) is 31.1 Å². The van der Waals surface area contributed by atoms with Crippen LogP contribution >= 0.6 is 29.1 Å². The number of aryl methyl sites for hydroxylation is 1. The van der Waals surface area contributed by atoms with E-state index in [9.17, 15) is 0 Å². The monoisotopic (exact) mass is 235 g/mol. The number of hydrogen-bond acceptors (Lipinski definition) is 1. The van der Waals surface area contributed by atoms with Crippen LogP contribution in [0, 0.1) is 6.92 Å². The summed E-state index contributed by atoms with van der Waals surface area (Å²) in [5.74, 6) is 0. The van der Waals surface area contributed by atoms with Gasteiger partial charge in [-0.25, -0.2) is 0 Å². The number of benzene rings is 1. The summed E-state index contributed by atoms with van der Waals surface area (Å²) in [6.07, 6.45) is 0. The lowest BCUT2D eigenvalue weighted by atomic mass is 10.2. The van der Waals surface area contributed by atoms with E-state index in [-0.39, 0.29) is 0 Å². The lowest BCUT2D eigenvalue weighted by Gasteiger charge is -2.18. The molecular weight excluding hydrogens is 224 g/mol. The lowest BCUT2D eigenvalue weighted by molar-refractivity contribution is 1.14. The molecule has 13 heavy (non-hydrogen) atoms. The third kappa shape index (κ3) is 2.74. The molecule has 4 heteroatoms. The van der Waals surface area contributed by atoms with Crippen LogP contribution in [0.4, 0.5) is 5.69 Å². The summed E-state index contributed by atoms with van der Waals surface area (Å²) >= 11 is 11.8. The fraction of sp³-hybridized carbons (Fsp3) is 0.333. The summed E-state index contributed by atoms with van der Waals surface area (Å²) in [5.41, 5.74) is 2.33. The molecule has 0 aliphatic heterocycles. The maximum absolute atomic E-state index is 5.91. The Hall–Kier alpha value is 0.0300. The first-order chi connectivity index (χ1) is 6.02. The van der Waals surface area contributed by atoms with Crippen molar-refractivity contribution in [1.29, 1.82) is 0 Å². The van der Waals surface area contributed by atoms with Gasteiger partial charge in [0, 0.05) is 25.1 Å². The van der Waals surface area contributed by atoms with Crippen LogP contribution < -0.4 is 10.2 Å². The summed E-state index contributed by atoms with van der Waals surface area (Å²) in [4.78, 5) is 2.03. The number of halogens is 2. The number of anilines is 1. The Balaban J connectivity index is 3.19. The summed E-state index contributed by atoms with van der Waals surface area (Å²) in [6, 6.07) is 6.12. The fourth-order valence-corrected chi connectivity index (χ4v) is 2.62. The van der Waals surface area contributed by atoms with Crippen LogP contribution in [0.3, 0.4) is 0 Å². The van der Waals surface area contributed by atoms with Crippen molar-refractivity contribution in [2.75, 3.05) is 19.0 Å². The highest BCUT2D eigenvalue weighted by Crippen LogP contribution is 2.47. The SMILES string of the molecule is Cc1ccc(P(Cl)Cl)c(N(C)C)c1. The number of hydrogen-bond donors (Lipinski definition) is 0. The second-order valence-electron chi connectivity index (χ2n) is 3.12. The van der Waals surface area contributed by atoms with Crippen LogP contribution in [0.2, 0.25) is 0 Å². The van der Waals surface area contributed by atoms with Crippen LogP contribution in [0.1, 0.15) is 5.56 Å². The second-order valence-corrected chi connectivity index (χ2v) is 6.61. The Morgan fingerprint density at radius 1 is 1.23 bits per heavy atom. The van der Waals surface area contributed by atoms with Crippen LogP contribution in [0.25, 0.3) is 0 Å². The molecule has 1 aromatic carbocycles. The van der Waals surface area contributed by atoms with E-state index >= 15 is 0 Å². The normalized spacial score (nSPS) is 10.6. The van der Waals surface area contributed by atoms with Crippen molar-refractivity contribution in [2.45, 2.75) is 6.92 Å². The van der Waals surface area contributed by atoms with E-state index in [0.717, 1.165) is 11.0 Å². The largest absolute Gasteiger partial charge is 0.377 e. The molecule has 0 radical (unpaired) electrons. The van der Waals surface area contributed by atoms with Crippen molar-refractivity contribution >= 4 is 40.1 Å². The first-order valence-electron chi connectivity index (χ1n) is 3.92. The summed E-state index contributed by atoms with van der Waals surface area (Å²) in [6.45, 7) is 0.999. The molecule has 1 rings (SSSR count). The van der Waals surface area contributed by atoms with Gasteiger partial charge in [-0.05, 0) is 24.6 Å². The first kappa shape index (κ1) is 11.1. The predicted molar refractivity (Wildman–Crippen MR) is 63.8 cm³/mol. The molecule has 0 N–H and O–H groups in total. The van der Waals surface area contributed by atoms with Gasteiger partial charge in [0.15, 0.2) is 0 Å². The summed E-state index contributed by atoms with van der Waals surface area (Å²) < 4.78 is 0. The molecule has 0 amide bonds. The molecule has 0 heterocycles. The van der Waals surface area contributed by atoms with Crippen molar-refractivity contribution in [3.8, 4) is 0 Å². The van der Waals surface area contributed by atoms with Crippen LogP contribution in [0.5, 0.6) is 0 Å². The van der Waals surface area contributed by atoms with Gasteiger partial charge in [-0.1, -0.05) is 28.5 Å².